The number of halogens is 1. The second-order valence-electron chi connectivity index (χ2n) is 7.19. The molecule has 1 heterocycles. The molecule has 0 aromatic heterocycles. The van der Waals surface area contributed by atoms with E-state index >= 15 is 0 Å². The van der Waals surface area contributed by atoms with Crippen molar-refractivity contribution in [1.29, 1.82) is 0 Å². The molecule has 1 aliphatic rings. The highest BCUT2D eigenvalue weighted by Gasteiger charge is 2.37. The predicted molar refractivity (Wildman–Crippen MR) is 114 cm³/mol. The van der Waals surface area contributed by atoms with E-state index in [1.54, 1.807) is 19.1 Å². The molecular weight excluding hydrogens is 392 g/mol. The number of carbonyl (C=O) groups is 1. The lowest BCUT2D eigenvalue weighted by atomic mass is 9.89. The summed E-state index contributed by atoms with van der Waals surface area (Å²) in [6.07, 6.45) is 1.09. The number of likely N-dealkylation sites (N-methyl/N-ethyl adjacent to an activating group) is 1. The molecule has 0 saturated carbocycles. The van der Waals surface area contributed by atoms with Crippen LogP contribution < -0.4 is 15.2 Å². The fourth-order valence-corrected chi connectivity index (χ4v) is 3.34. The van der Waals surface area contributed by atoms with Crippen molar-refractivity contribution in [2.45, 2.75) is 31.5 Å². The van der Waals surface area contributed by atoms with Gasteiger partial charge in [-0.2, -0.15) is 0 Å². The molecule has 0 unspecified atom stereocenters. The van der Waals surface area contributed by atoms with Crippen molar-refractivity contribution in [3.05, 3.63) is 59.7 Å². The lowest BCUT2D eigenvalue weighted by Crippen LogP contribution is -2.57. The number of hydrogen-bond donors (Lipinski definition) is 1. The van der Waals surface area contributed by atoms with Crippen molar-refractivity contribution in [3.8, 4) is 11.5 Å². The largest absolute Gasteiger partial charge is 0.493 e. The molecule has 1 aliphatic heterocycles. The van der Waals surface area contributed by atoms with E-state index in [-0.39, 0.29) is 18.3 Å². The fraction of sp³-hybridized carbons (Fsp3) is 0.409. The molecule has 0 atom stereocenters. The molecule has 6 nitrogen and oxygen atoms in total. The lowest BCUT2D eigenvalue weighted by Gasteiger charge is -2.35. The Morgan fingerprint density at radius 3 is 2.45 bits per heavy atom. The summed E-state index contributed by atoms with van der Waals surface area (Å²) >= 11 is 0. The molecular formula is C22H29ClN2O4. The van der Waals surface area contributed by atoms with Crippen LogP contribution in [0.2, 0.25) is 0 Å². The van der Waals surface area contributed by atoms with E-state index in [0.29, 0.717) is 50.7 Å². The Morgan fingerprint density at radius 2 is 1.79 bits per heavy atom. The van der Waals surface area contributed by atoms with Crippen LogP contribution in [-0.4, -0.2) is 43.7 Å². The first-order valence-electron chi connectivity index (χ1n) is 9.48. The van der Waals surface area contributed by atoms with Gasteiger partial charge in [-0.05, 0) is 36.1 Å². The Balaban J connectivity index is 0.00000300. The minimum Gasteiger partial charge on any atom is -0.493 e. The van der Waals surface area contributed by atoms with E-state index in [4.69, 9.17) is 19.9 Å². The van der Waals surface area contributed by atoms with Crippen LogP contribution in [0.5, 0.6) is 11.5 Å². The molecule has 0 radical (unpaired) electrons. The Hall–Kier alpha value is -2.28. The number of benzene rings is 2. The van der Waals surface area contributed by atoms with Crippen molar-refractivity contribution < 1.29 is 19.0 Å². The van der Waals surface area contributed by atoms with Crippen LogP contribution in [0.25, 0.3) is 0 Å². The first-order valence-corrected chi connectivity index (χ1v) is 9.48. The summed E-state index contributed by atoms with van der Waals surface area (Å²) in [5.41, 5.74) is 7.52. The number of nitrogens with zero attached hydrogens (tertiary/aromatic N) is 1. The third-order valence-corrected chi connectivity index (χ3v) is 5.04. The van der Waals surface area contributed by atoms with Gasteiger partial charge in [-0.3, -0.25) is 4.79 Å². The van der Waals surface area contributed by atoms with Crippen LogP contribution in [0.3, 0.4) is 0 Å². The van der Waals surface area contributed by atoms with E-state index in [0.717, 1.165) is 11.1 Å². The van der Waals surface area contributed by atoms with E-state index in [9.17, 15) is 4.79 Å². The summed E-state index contributed by atoms with van der Waals surface area (Å²) in [5, 5.41) is 0. The summed E-state index contributed by atoms with van der Waals surface area (Å²) in [6, 6.07) is 15.7. The number of nitrogens with two attached hydrogens (primary N) is 1. The summed E-state index contributed by atoms with van der Waals surface area (Å²) in [4.78, 5) is 14.5. The number of methoxy groups -OCH3 is 1. The summed E-state index contributed by atoms with van der Waals surface area (Å²) in [6.45, 7) is 1.97. The Labute approximate surface area is 178 Å². The lowest BCUT2D eigenvalue weighted by molar-refractivity contribution is -0.139. The van der Waals surface area contributed by atoms with Gasteiger partial charge in [0.05, 0.1) is 12.6 Å². The predicted octanol–water partition coefficient (Wildman–Crippen LogP) is 3.16. The average molecular weight is 421 g/mol. The average Bonchev–Trinajstić information content (AvgIpc) is 2.73. The normalized spacial score (nSPS) is 15.1. The molecule has 158 valence electrons. The van der Waals surface area contributed by atoms with Gasteiger partial charge in [-0.1, -0.05) is 36.4 Å². The maximum absolute atomic E-state index is 12.8. The quantitative estimate of drug-likeness (QED) is 0.744. The zero-order valence-electron chi connectivity index (χ0n) is 16.9. The standard InChI is InChI=1S/C22H28N2O4.ClH/c1-24(21(25)22(23)10-12-27-13-11-22)15-18-8-9-19(20(14-18)26-2)28-16-17-6-4-3-5-7-17;/h3-9,14H,10-13,15-16,23H2,1-2H3;1H. The van der Waals surface area contributed by atoms with Gasteiger partial charge in [0.1, 0.15) is 6.61 Å². The zero-order valence-corrected chi connectivity index (χ0v) is 17.7. The number of ether oxygens (including phenoxy) is 3. The Bertz CT molecular complexity index is 795. The van der Waals surface area contributed by atoms with Crippen molar-refractivity contribution in [2.24, 2.45) is 5.73 Å². The van der Waals surface area contributed by atoms with Crippen molar-refractivity contribution in [3.63, 3.8) is 0 Å². The summed E-state index contributed by atoms with van der Waals surface area (Å²) < 4.78 is 16.7. The van der Waals surface area contributed by atoms with Crippen molar-refractivity contribution in [2.75, 3.05) is 27.4 Å². The highest BCUT2D eigenvalue weighted by molar-refractivity contribution is 5.86. The van der Waals surface area contributed by atoms with Crippen LogP contribution in [-0.2, 0) is 22.7 Å². The maximum atomic E-state index is 12.8. The molecule has 0 bridgehead atoms. The van der Waals surface area contributed by atoms with Gasteiger partial charge < -0.3 is 24.8 Å². The minimum absolute atomic E-state index is 0. The highest BCUT2D eigenvalue weighted by Crippen LogP contribution is 2.30. The number of amides is 1. The van der Waals surface area contributed by atoms with E-state index in [2.05, 4.69) is 0 Å². The van der Waals surface area contributed by atoms with Crippen LogP contribution >= 0.6 is 12.4 Å². The SMILES string of the molecule is COc1cc(CN(C)C(=O)C2(N)CCOCC2)ccc1OCc1ccccc1.Cl. The van der Waals surface area contributed by atoms with Gasteiger partial charge >= 0.3 is 0 Å². The summed E-state index contributed by atoms with van der Waals surface area (Å²) in [7, 11) is 3.39. The molecule has 7 heteroatoms. The first kappa shape index (κ1) is 23.0. The van der Waals surface area contributed by atoms with Gasteiger partial charge in [-0.15, -0.1) is 12.4 Å². The van der Waals surface area contributed by atoms with E-state index in [1.807, 2.05) is 48.5 Å². The molecule has 29 heavy (non-hydrogen) atoms. The first-order chi connectivity index (χ1) is 13.5. The van der Waals surface area contributed by atoms with Gasteiger partial charge in [0.2, 0.25) is 5.91 Å². The molecule has 1 amide bonds. The molecule has 2 aromatic carbocycles. The second-order valence-corrected chi connectivity index (χ2v) is 7.19. The zero-order chi connectivity index (χ0) is 20.0. The van der Waals surface area contributed by atoms with Crippen molar-refractivity contribution in [1.82, 2.24) is 4.90 Å². The van der Waals surface area contributed by atoms with Crippen LogP contribution in [0.1, 0.15) is 24.0 Å². The van der Waals surface area contributed by atoms with Crippen LogP contribution in [0, 0.1) is 0 Å². The minimum atomic E-state index is -0.837. The van der Waals surface area contributed by atoms with E-state index < -0.39 is 5.54 Å². The smallest absolute Gasteiger partial charge is 0.242 e. The molecule has 0 aliphatic carbocycles. The Morgan fingerprint density at radius 1 is 1.10 bits per heavy atom. The topological polar surface area (TPSA) is 74.0 Å². The molecule has 0 spiro atoms. The monoisotopic (exact) mass is 420 g/mol. The summed E-state index contributed by atoms with van der Waals surface area (Å²) in [5.74, 6) is 1.26. The highest BCUT2D eigenvalue weighted by atomic mass is 35.5. The molecule has 1 saturated heterocycles. The third-order valence-electron chi connectivity index (χ3n) is 5.04. The van der Waals surface area contributed by atoms with Crippen molar-refractivity contribution >= 4 is 18.3 Å². The number of carbonyl (C=O) groups excluding carboxylic acids is 1. The molecule has 2 N–H and O–H groups in total. The molecule has 1 fully saturated rings. The van der Waals surface area contributed by atoms with Crippen LogP contribution in [0.15, 0.2) is 48.5 Å². The van der Waals surface area contributed by atoms with E-state index in [1.165, 1.54) is 0 Å². The maximum Gasteiger partial charge on any atom is 0.242 e. The van der Waals surface area contributed by atoms with Gasteiger partial charge in [0.25, 0.3) is 0 Å². The third kappa shape index (κ3) is 5.85. The second kappa shape index (κ2) is 10.5. The Kier molecular flexibility index (Phi) is 8.32. The van der Waals surface area contributed by atoms with Gasteiger partial charge in [-0.25, -0.2) is 0 Å². The molecule has 2 aromatic rings. The fourth-order valence-electron chi connectivity index (χ4n) is 3.34. The van der Waals surface area contributed by atoms with Gasteiger partial charge in [0.15, 0.2) is 11.5 Å². The van der Waals surface area contributed by atoms with Crippen LogP contribution in [0.4, 0.5) is 0 Å². The number of rotatable bonds is 7. The molecule has 3 rings (SSSR count). The van der Waals surface area contributed by atoms with Gasteiger partial charge in [0, 0.05) is 26.8 Å². The number of hydrogen-bond acceptors (Lipinski definition) is 5.